The summed E-state index contributed by atoms with van der Waals surface area (Å²) in [5.74, 6) is -2.20. The molecule has 0 amide bonds. The molecule has 1 fully saturated rings. The number of ether oxygens (including phenoxy) is 2. The van der Waals surface area contributed by atoms with Crippen LogP contribution in [0.4, 0.5) is 13.2 Å². The van der Waals surface area contributed by atoms with Crippen LogP contribution in [0.3, 0.4) is 0 Å². The van der Waals surface area contributed by atoms with E-state index in [0.717, 1.165) is 35.7 Å². The highest BCUT2D eigenvalue weighted by atomic mass is 32.2. The number of nitrogens with zero attached hydrogens (tertiary/aromatic N) is 3. The topological polar surface area (TPSA) is 104 Å². The van der Waals surface area contributed by atoms with E-state index in [-0.39, 0.29) is 35.5 Å². The Balaban J connectivity index is 1.41. The lowest BCUT2D eigenvalue weighted by Gasteiger charge is -2.37. The van der Waals surface area contributed by atoms with Crippen molar-refractivity contribution in [2.75, 3.05) is 13.2 Å². The van der Waals surface area contributed by atoms with Gasteiger partial charge in [0.1, 0.15) is 35.7 Å². The maximum absolute atomic E-state index is 14.7. The van der Waals surface area contributed by atoms with Gasteiger partial charge in [-0.25, -0.2) is 31.3 Å². The first kappa shape index (κ1) is 27.3. The minimum Gasteiger partial charge on any atom is -0.382 e. The van der Waals surface area contributed by atoms with Gasteiger partial charge in [0.15, 0.2) is 16.1 Å². The fourth-order valence-electron chi connectivity index (χ4n) is 3.80. The van der Waals surface area contributed by atoms with Crippen LogP contribution in [0.25, 0.3) is 0 Å². The molecule has 1 N–H and O–H groups in total. The lowest BCUT2D eigenvalue weighted by molar-refractivity contribution is -0.146. The fourth-order valence-corrected chi connectivity index (χ4v) is 6.12. The third-order valence-electron chi connectivity index (χ3n) is 5.79. The van der Waals surface area contributed by atoms with Crippen molar-refractivity contribution < 1.29 is 36.2 Å². The van der Waals surface area contributed by atoms with Crippen LogP contribution < -0.4 is 0 Å². The Morgan fingerprint density at radius 2 is 1.84 bits per heavy atom. The summed E-state index contributed by atoms with van der Waals surface area (Å²) in [5.41, 5.74) is -1.87. The number of thioether (sulfide) groups is 1. The molecule has 0 radical (unpaired) electrons. The first-order chi connectivity index (χ1) is 17.6. The van der Waals surface area contributed by atoms with Crippen LogP contribution in [0.15, 0.2) is 71.5 Å². The second kappa shape index (κ2) is 11.4. The number of aromatic nitrogens is 3. The van der Waals surface area contributed by atoms with Gasteiger partial charge < -0.3 is 14.6 Å². The molecule has 2 atom stereocenters. The van der Waals surface area contributed by atoms with Crippen LogP contribution in [0, 0.1) is 17.5 Å². The Kier molecular flexibility index (Phi) is 8.39. The molecule has 37 heavy (non-hydrogen) atoms. The van der Waals surface area contributed by atoms with Crippen molar-refractivity contribution >= 4 is 21.6 Å². The second-order valence-corrected chi connectivity index (χ2v) is 11.9. The number of benzene rings is 2. The highest BCUT2D eigenvalue weighted by Crippen LogP contribution is 2.38. The standard InChI is InChI=1S/C24H24F3N3O5S2/c1-16(24(31,13-30-15-28-14-29-30)21-7-4-18(26)10-22(21)27)36-19-11-34-23(35-12-19)8-9-37(32,33)20-5-2-17(25)3-6-20/h2-10,14-16,19,23,31H,11-13H2,1H3/b9-8+/t16-,19?,23?,24-/m1/s1. The number of rotatable bonds is 9. The molecule has 1 saturated heterocycles. The molecule has 0 aliphatic carbocycles. The summed E-state index contributed by atoms with van der Waals surface area (Å²) in [6, 6.07) is 7.42. The van der Waals surface area contributed by atoms with Crippen molar-refractivity contribution in [3.8, 4) is 0 Å². The van der Waals surface area contributed by atoms with Crippen LogP contribution >= 0.6 is 11.8 Å². The molecule has 198 valence electrons. The Morgan fingerprint density at radius 3 is 2.46 bits per heavy atom. The molecule has 3 aromatic rings. The predicted octanol–water partition coefficient (Wildman–Crippen LogP) is 3.43. The average Bonchev–Trinajstić information content (AvgIpc) is 3.36. The molecule has 2 heterocycles. The Morgan fingerprint density at radius 1 is 1.16 bits per heavy atom. The summed E-state index contributed by atoms with van der Waals surface area (Å²) < 4.78 is 78.7. The number of aliphatic hydroxyl groups is 1. The number of hydrogen-bond donors (Lipinski definition) is 1. The summed E-state index contributed by atoms with van der Waals surface area (Å²) in [5, 5.41) is 15.7. The quantitative estimate of drug-likeness (QED) is 0.401. The van der Waals surface area contributed by atoms with Gasteiger partial charge in [0.2, 0.25) is 0 Å². The molecular weight excluding hydrogens is 531 g/mol. The number of halogens is 3. The van der Waals surface area contributed by atoms with Gasteiger partial charge in [0.25, 0.3) is 0 Å². The van der Waals surface area contributed by atoms with Crippen molar-refractivity contribution in [3.63, 3.8) is 0 Å². The first-order valence-corrected chi connectivity index (χ1v) is 13.6. The largest absolute Gasteiger partial charge is 0.382 e. The molecule has 0 spiro atoms. The van der Waals surface area contributed by atoms with Crippen LogP contribution in [0.1, 0.15) is 12.5 Å². The molecule has 1 aliphatic heterocycles. The smallest absolute Gasteiger partial charge is 0.199 e. The number of hydrogen-bond acceptors (Lipinski definition) is 8. The third-order valence-corrected chi connectivity index (χ3v) is 8.69. The first-order valence-electron chi connectivity index (χ1n) is 11.1. The van der Waals surface area contributed by atoms with E-state index in [1.54, 1.807) is 6.92 Å². The van der Waals surface area contributed by atoms with E-state index in [0.29, 0.717) is 6.07 Å². The van der Waals surface area contributed by atoms with Gasteiger partial charge in [-0.15, -0.1) is 11.8 Å². The molecule has 2 aromatic carbocycles. The molecule has 4 rings (SSSR count). The normalized spacial score (nSPS) is 21.1. The average molecular weight is 556 g/mol. The van der Waals surface area contributed by atoms with E-state index in [4.69, 9.17) is 9.47 Å². The summed E-state index contributed by atoms with van der Waals surface area (Å²) in [6.45, 7) is 1.88. The van der Waals surface area contributed by atoms with Gasteiger partial charge in [0.05, 0.1) is 29.9 Å². The molecule has 1 aromatic heterocycles. The summed E-state index contributed by atoms with van der Waals surface area (Å²) in [6.07, 6.45) is 2.99. The van der Waals surface area contributed by atoms with E-state index in [1.807, 2.05) is 0 Å². The van der Waals surface area contributed by atoms with Crippen LogP contribution in [0.2, 0.25) is 0 Å². The molecule has 8 nitrogen and oxygen atoms in total. The lowest BCUT2D eigenvalue weighted by atomic mass is 9.90. The zero-order chi connectivity index (χ0) is 26.6. The summed E-state index contributed by atoms with van der Waals surface area (Å²) in [7, 11) is -3.81. The molecule has 0 saturated carbocycles. The van der Waals surface area contributed by atoms with Crippen LogP contribution in [-0.2, 0) is 31.5 Å². The van der Waals surface area contributed by atoms with Gasteiger partial charge >= 0.3 is 0 Å². The molecule has 0 unspecified atom stereocenters. The van der Waals surface area contributed by atoms with Crippen molar-refractivity contribution in [2.24, 2.45) is 0 Å². The van der Waals surface area contributed by atoms with Crippen molar-refractivity contribution in [3.05, 3.63) is 89.6 Å². The van der Waals surface area contributed by atoms with E-state index >= 15 is 0 Å². The van der Waals surface area contributed by atoms with Crippen molar-refractivity contribution in [1.82, 2.24) is 14.8 Å². The monoisotopic (exact) mass is 555 g/mol. The van der Waals surface area contributed by atoms with E-state index in [1.165, 1.54) is 41.2 Å². The molecule has 1 aliphatic rings. The maximum Gasteiger partial charge on any atom is 0.199 e. The van der Waals surface area contributed by atoms with Gasteiger partial charge in [0, 0.05) is 22.3 Å². The minimum absolute atomic E-state index is 0.0668. The molecule has 13 heteroatoms. The van der Waals surface area contributed by atoms with Gasteiger partial charge in [-0.1, -0.05) is 13.0 Å². The van der Waals surface area contributed by atoms with E-state index < -0.39 is 44.4 Å². The zero-order valence-electron chi connectivity index (χ0n) is 19.6. The fraction of sp³-hybridized carbons (Fsp3) is 0.333. The van der Waals surface area contributed by atoms with Crippen molar-refractivity contribution in [2.45, 2.75) is 40.8 Å². The zero-order valence-corrected chi connectivity index (χ0v) is 21.2. The highest BCUT2D eigenvalue weighted by Gasteiger charge is 2.41. The van der Waals surface area contributed by atoms with Gasteiger partial charge in [-0.3, -0.25) is 0 Å². The Labute approximate surface area is 216 Å². The minimum atomic E-state index is -3.81. The third kappa shape index (κ3) is 6.60. The molecule has 0 bridgehead atoms. The summed E-state index contributed by atoms with van der Waals surface area (Å²) >= 11 is 1.28. The SMILES string of the molecule is C[C@@H](SC1COC(/C=C/S(=O)(=O)c2ccc(F)cc2)OC1)[C@](O)(Cn1cncn1)c1ccc(F)cc1F. The number of sulfone groups is 1. The van der Waals surface area contributed by atoms with Crippen LogP contribution in [-0.4, -0.2) is 58.3 Å². The Hall–Kier alpha value is -2.71. The lowest BCUT2D eigenvalue weighted by Crippen LogP contribution is -2.43. The predicted molar refractivity (Wildman–Crippen MR) is 130 cm³/mol. The Bertz CT molecular complexity index is 1330. The molecular formula is C24H24F3N3O5S2. The van der Waals surface area contributed by atoms with Crippen LogP contribution in [0.5, 0.6) is 0 Å². The van der Waals surface area contributed by atoms with Gasteiger partial charge in [-0.05, 0) is 36.4 Å². The second-order valence-electron chi connectivity index (χ2n) is 8.40. The summed E-state index contributed by atoms with van der Waals surface area (Å²) in [4.78, 5) is 3.79. The maximum atomic E-state index is 14.7. The van der Waals surface area contributed by atoms with Gasteiger partial charge in [-0.2, -0.15) is 5.10 Å². The van der Waals surface area contributed by atoms with Crippen molar-refractivity contribution in [1.29, 1.82) is 0 Å². The van der Waals surface area contributed by atoms with E-state index in [9.17, 15) is 26.7 Å². The van der Waals surface area contributed by atoms with E-state index in [2.05, 4.69) is 10.1 Å². The highest BCUT2D eigenvalue weighted by molar-refractivity contribution is 8.00.